The van der Waals surface area contributed by atoms with Crippen molar-refractivity contribution in [2.45, 2.75) is 58.9 Å². The van der Waals surface area contributed by atoms with Gasteiger partial charge in [0, 0.05) is 6.54 Å². The van der Waals surface area contributed by atoms with E-state index in [4.69, 9.17) is 5.11 Å². The second-order valence-electron chi connectivity index (χ2n) is 5.78. The zero-order valence-corrected chi connectivity index (χ0v) is 12.2. The minimum Gasteiger partial charge on any atom is -0.480 e. The SMILES string of the molecule is CCCC1(CNC(=O)N[C@H](C(=O)O)C(C)CC)CC1. The summed E-state index contributed by atoms with van der Waals surface area (Å²) >= 11 is 0. The first kappa shape index (κ1) is 15.8. The molecule has 3 N–H and O–H groups in total. The van der Waals surface area contributed by atoms with E-state index in [9.17, 15) is 9.59 Å². The van der Waals surface area contributed by atoms with Crippen molar-refractivity contribution in [3.8, 4) is 0 Å². The molecule has 1 fully saturated rings. The average Bonchev–Trinajstić information content (AvgIpc) is 3.13. The van der Waals surface area contributed by atoms with Gasteiger partial charge in [-0.05, 0) is 30.6 Å². The van der Waals surface area contributed by atoms with Crippen molar-refractivity contribution in [3.63, 3.8) is 0 Å². The van der Waals surface area contributed by atoms with Gasteiger partial charge in [0.1, 0.15) is 6.04 Å². The topological polar surface area (TPSA) is 78.4 Å². The lowest BCUT2D eigenvalue weighted by molar-refractivity contribution is -0.140. The van der Waals surface area contributed by atoms with Crippen molar-refractivity contribution < 1.29 is 14.7 Å². The third-order valence-corrected chi connectivity index (χ3v) is 4.13. The predicted molar refractivity (Wildman–Crippen MR) is 74.0 cm³/mol. The molecule has 0 radical (unpaired) electrons. The zero-order valence-electron chi connectivity index (χ0n) is 12.2. The van der Waals surface area contributed by atoms with Gasteiger partial charge in [-0.15, -0.1) is 0 Å². The van der Waals surface area contributed by atoms with Crippen LogP contribution < -0.4 is 10.6 Å². The number of nitrogens with one attached hydrogen (secondary N) is 2. The van der Waals surface area contributed by atoms with Crippen LogP contribution >= 0.6 is 0 Å². The Balaban J connectivity index is 2.39. The van der Waals surface area contributed by atoms with Crippen LogP contribution in [0.15, 0.2) is 0 Å². The largest absolute Gasteiger partial charge is 0.480 e. The maximum absolute atomic E-state index is 11.8. The molecule has 0 aromatic rings. The summed E-state index contributed by atoms with van der Waals surface area (Å²) in [6, 6.07) is -1.18. The highest BCUT2D eigenvalue weighted by atomic mass is 16.4. The highest BCUT2D eigenvalue weighted by Gasteiger charge is 2.41. The van der Waals surface area contributed by atoms with Gasteiger partial charge in [0.2, 0.25) is 0 Å². The number of urea groups is 1. The Morgan fingerprint density at radius 1 is 1.32 bits per heavy atom. The van der Waals surface area contributed by atoms with Crippen molar-refractivity contribution >= 4 is 12.0 Å². The molecule has 110 valence electrons. The fourth-order valence-corrected chi connectivity index (χ4v) is 2.37. The van der Waals surface area contributed by atoms with Crippen LogP contribution in [0.1, 0.15) is 52.9 Å². The van der Waals surface area contributed by atoms with E-state index in [1.807, 2.05) is 13.8 Å². The molecule has 1 saturated carbocycles. The van der Waals surface area contributed by atoms with Gasteiger partial charge >= 0.3 is 12.0 Å². The van der Waals surface area contributed by atoms with E-state index in [-0.39, 0.29) is 17.4 Å². The smallest absolute Gasteiger partial charge is 0.326 e. The van der Waals surface area contributed by atoms with Gasteiger partial charge in [-0.1, -0.05) is 33.6 Å². The van der Waals surface area contributed by atoms with E-state index in [0.717, 1.165) is 32.1 Å². The molecule has 1 aliphatic carbocycles. The Morgan fingerprint density at radius 3 is 2.37 bits per heavy atom. The highest BCUT2D eigenvalue weighted by Crippen LogP contribution is 2.48. The first-order chi connectivity index (χ1) is 8.94. The molecule has 2 amide bonds. The second-order valence-corrected chi connectivity index (χ2v) is 5.78. The van der Waals surface area contributed by atoms with Crippen LogP contribution in [0.5, 0.6) is 0 Å². The summed E-state index contributed by atoms with van der Waals surface area (Å²) in [5.74, 6) is -1.05. The lowest BCUT2D eigenvalue weighted by atomic mass is 9.99. The normalized spacial score (nSPS) is 19.3. The molecule has 0 heterocycles. The lowest BCUT2D eigenvalue weighted by Gasteiger charge is -2.21. The number of hydrogen-bond donors (Lipinski definition) is 3. The number of hydrogen-bond acceptors (Lipinski definition) is 2. The van der Waals surface area contributed by atoms with Crippen molar-refractivity contribution in [1.29, 1.82) is 0 Å². The molecule has 0 aromatic carbocycles. The Hall–Kier alpha value is -1.26. The van der Waals surface area contributed by atoms with Crippen LogP contribution in [-0.4, -0.2) is 29.7 Å². The number of amides is 2. The molecule has 5 heteroatoms. The molecule has 0 aromatic heterocycles. The van der Waals surface area contributed by atoms with Gasteiger partial charge < -0.3 is 15.7 Å². The summed E-state index contributed by atoms with van der Waals surface area (Å²) in [5, 5.41) is 14.5. The average molecular weight is 270 g/mol. The van der Waals surface area contributed by atoms with E-state index < -0.39 is 12.0 Å². The Morgan fingerprint density at radius 2 is 1.95 bits per heavy atom. The zero-order chi connectivity index (χ0) is 14.5. The third-order valence-electron chi connectivity index (χ3n) is 4.13. The summed E-state index contributed by atoms with van der Waals surface area (Å²) in [6.07, 6.45) is 5.29. The maximum atomic E-state index is 11.8. The first-order valence-corrected chi connectivity index (χ1v) is 7.21. The van der Waals surface area contributed by atoms with E-state index >= 15 is 0 Å². The van der Waals surface area contributed by atoms with Crippen LogP contribution in [0.3, 0.4) is 0 Å². The van der Waals surface area contributed by atoms with Crippen LogP contribution in [-0.2, 0) is 4.79 Å². The summed E-state index contributed by atoms with van der Waals surface area (Å²) in [6.45, 7) is 6.54. The monoisotopic (exact) mass is 270 g/mol. The molecule has 1 aliphatic rings. The van der Waals surface area contributed by atoms with Crippen molar-refractivity contribution in [2.75, 3.05) is 6.54 Å². The van der Waals surface area contributed by atoms with Gasteiger partial charge in [0.25, 0.3) is 0 Å². The number of carboxylic acids is 1. The summed E-state index contributed by atoms with van der Waals surface area (Å²) in [4.78, 5) is 22.9. The fraction of sp³-hybridized carbons (Fsp3) is 0.857. The Labute approximate surface area is 115 Å². The molecule has 1 rings (SSSR count). The van der Waals surface area contributed by atoms with Gasteiger partial charge in [0.05, 0.1) is 0 Å². The van der Waals surface area contributed by atoms with Crippen LogP contribution in [0.2, 0.25) is 0 Å². The van der Waals surface area contributed by atoms with Crippen molar-refractivity contribution in [1.82, 2.24) is 10.6 Å². The molecule has 5 nitrogen and oxygen atoms in total. The van der Waals surface area contributed by atoms with Crippen LogP contribution in [0, 0.1) is 11.3 Å². The number of carboxylic acid groups (broad SMARTS) is 1. The van der Waals surface area contributed by atoms with Crippen molar-refractivity contribution in [2.24, 2.45) is 11.3 Å². The molecule has 0 bridgehead atoms. The van der Waals surface area contributed by atoms with Gasteiger partial charge in [0.15, 0.2) is 0 Å². The lowest BCUT2D eigenvalue weighted by Crippen LogP contribution is -2.50. The molecular formula is C14H26N2O3. The number of carbonyl (C=O) groups is 2. The quantitative estimate of drug-likeness (QED) is 0.633. The number of rotatable bonds is 8. The molecule has 1 unspecified atom stereocenters. The standard InChI is InChI=1S/C14H26N2O3/c1-4-6-14(7-8-14)9-15-13(19)16-11(12(17)18)10(3)5-2/h10-11H,4-9H2,1-3H3,(H,17,18)(H2,15,16,19)/t10?,11-/m0/s1. The number of carbonyl (C=O) groups excluding carboxylic acids is 1. The summed E-state index contributed by atoms with van der Waals surface area (Å²) in [5.41, 5.74) is 0.279. The maximum Gasteiger partial charge on any atom is 0.326 e. The number of aliphatic carboxylic acids is 1. The first-order valence-electron chi connectivity index (χ1n) is 7.21. The minimum absolute atomic E-state index is 0.0752. The van der Waals surface area contributed by atoms with Crippen molar-refractivity contribution in [3.05, 3.63) is 0 Å². The van der Waals surface area contributed by atoms with E-state index in [1.165, 1.54) is 0 Å². The fourth-order valence-electron chi connectivity index (χ4n) is 2.37. The predicted octanol–water partition coefficient (Wildman–Crippen LogP) is 2.37. The Bertz CT molecular complexity index is 327. The molecule has 0 saturated heterocycles. The van der Waals surface area contributed by atoms with Crippen LogP contribution in [0.25, 0.3) is 0 Å². The Kier molecular flexibility index (Phi) is 5.63. The molecule has 0 spiro atoms. The summed E-state index contributed by atoms with van der Waals surface area (Å²) < 4.78 is 0. The van der Waals surface area contributed by atoms with E-state index in [0.29, 0.717) is 6.54 Å². The molecule has 19 heavy (non-hydrogen) atoms. The van der Waals surface area contributed by atoms with Gasteiger partial charge in [-0.2, -0.15) is 0 Å². The highest BCUT2D eigenvalue weighted by molar-refractivity contribution is 5.82. The molecule has 0 aliphatic heterocycles. The van der Waals surface area contributed by atoms with Gasteiger partial charge in [-0.3, -0.25) is 0 Å². The third kappa shape index (κ3) is 4.73. The minimum atomic E-state index is -0.973. The van der Waals surface area contributed by atoms with E-state index in [2.05, 4.69) is 17.6 Å². The second kappa shape index (κ2) is 6.78. The van der Waals surface area contributed by atoms with E-state index in [1.54, 1.807) is 0 Å². The van der Waals surface area contributed by atoms with Crippen LogP contribution in [0.4, 0.5) is 4.79 Å². The molecular weight excluding hydrogens is 244 g/mol. The summed E-state index contributed by atoms with van der Waals surface area (Å²) in [7, 11) is 0. The molecule has 2 atom stereocenters. The van der Waals surface area contributed by atoms with Gasteiger partial charge in [-0.25, -0.2) is 9.59 Å².